The maximum atomic E-state index is 11.6. The molecule has 0 aliphatic heterocycles. The summed E-state index contributed by atoms with van der Waals surface area (Å²) >= 11 is 3.38. The molecule has 0 unspecified atom stereocenters. The number of nitrogens with zero attached hydrogens (tertiary/aromatic N) is 2. The minimum atomic E-state index is 0.00657. The molecule has 2 rings (SSSR count). The Morgan fingerprint density at radius 3 is 2.71 bits per heavy atom. The summed E-state index contributed by atoms with van der Waals surface area (Å²) in [5, 5.41) is 6.80. The SMILES string of the molecule is CC(C)CNC(=O)CCc1nc(-c2ccc(Br)cc2)no1. The largest absolute Gasteiger partial charge is 0.356 e. The van der Waals surface area contributed by atoms with Gasteiger partial charge in [-0.2, -0.15) is 4.98 Å². The van der Waals surface area contributed by atoms with Crippen molar-refractivity contribution in [3.63, 3.8) is 0 Å². The van der Waals surface area contributed by atoms with E-state index in [0.717, 1.165) is 10.0 Å². The molecule has 112 valence electrons. The Labute approximate surface area is 132 Å². The lowest BCUT2D eigenvalue weighted by Gasteiger charge is -2.06. The molecule has 0 fully saturated rings. The van der Waals surface area contributed by atoms with Crippen LogP contribution < -0.4 is 5.32 Å². The lowest BCUT2D eigenvalue weighted by atomic mass is 10.2. The van der Waals surface area contributed by atoms with Crippen molar-refractivity contribution in [3.05, 3.63) is 34.6 Å². The van der Waals surface area contributed by atoms with E-state index in [1.807, 2.05) is 24.3 Å². The van der Waals surface area contributed by atoms with Crippen molar-refractivity contribution in [1.82, 2.24) is 15.5 Å². The third-order valence-corrected chi connectivity index (χ3v) is 3.37. The summed E-state index contributed by atoms with van der Waals surface area (Å²) in [6, 6.07) is 7.66. The topological polar surface area (TPSA) is 68.0 Å². The molecule has 5 nitrogen and oxygen atoms in total. The van der Waals surface area contributed by atoms with Gasteiger partial charge >= 0.3 is 0 Å². The van der Waals surface area contributed by atoms with Gasteiger partial charge in [0.05, 0.1) is 0 Å². The van der Waals surface area contributed by atoms with Gasteiger partial charge in [-0.1, -0.05) is 34.9 Å². The molecule has 0 aliphatic rings. The van der Waals surface area contributed by atoms with E-state index in [1.165, 1.54) is 0 Å². The Morgan fingerprint density at radius 2 is 2.05 bits per heavy atom. The molecule has 0 radical (unpaired) electrons. The molecule has 0 atom stereocenters. The fourth-order valence-corrected chi connectivity index (χ4v) is 1.96. The molecule has 0 saturated carbocycles. The van der Waals surface area contributed by atoms with Gasteiger partial charge in [0, 0.05) is 29.4 Å². The zero-order chi connectivity index (χ0) is 15.2. The van der Waals surface area contributed by atoms with Crippen LogP contribution in [0.15, 0.2) is 33.3 Å². The summed E-state index contributed by atoms with van der Waals surface area (Å²) in [7, 11) is 0. The van der Waals surface area contributed by atoms with Gasteiger partial charge in [-0.05, 0) is 30.2 Å². The molecule has 1 amide bonds. The van der Waals surface area contributed by atoms with Crippen LogP contribution in [0.4, 0.5) is 0 Å². The normalized spacial score (nSPS) is 10.9. The van der Waals surface area contributed by atoms with Crippen molar-refractivity contribution in [2.75, 3.05) is 6.54 Å². The molecular formula is C15H18BrN3O2. The van der Waals surface area contributed by atoms with Gasteiger partial charge in [0.25, 0.3) is 0 Å². The number of nitrogens with one attached hydrogen (secondary N) is 1. The van der Waals surface area contributed by atoms with Crippen LogP contribution in [-0.2, 0) is 11.2 Å². The molecule has 1 N–H and O–H groups in total. The van der Waals surface area contributed by atoms with E-state index in [0.29, 0.717) is 37.0 Å². The average Bonchev–Trinajstić information content (AvgIpc) is 2.92. The van der Waals surface area contributed by atoms with Crippen LogP contribution in [0, 0.1) is 5.92 Å². The summed E-state index contributed by atoms with van der Waals surface area (Å²) < 4.78 is 6.17. The maximum absolute atomic E-state index is 11.6. The van der Waals surface area contributed by atoms with Gasteiger partial charge < -0.3 is 9.84 Å². The Kier molecular flexibility index (Phi) is 5.50. The fourth-order valence-electron chi connectivity index (χ4n) is 1.70. The van der Waals surface area contributed by atoms with Gasteiger partial charge in [-0.3, -0.25) is 4.79 Å². The Bertz CT molecular complexity index is 593. The number of amides is 1. The molecule has 21 heavy (non-hydrogen) atoms. The zero-order valence-corrected chi connectivity index (χ0v) is 13.7. The molecule has 2 aromatic rings. The molecule has 1 aromatic carbocycles. The second-order valence-electron chi connectivity index (χ2n) is 5.22. The molecule has 0 saturated heterocycles. The average molecular weight is 352 g/mol. The predicted octanol–water partition coefficient (Wildman–Crippen LogP) is 3.20. The Balaban J connectivity index is 1.88. The monoisotopic (exact) mass is 351 g/mol. The number of carbonyl (C=O) groups is 1. The summed E-state index contributed by atoms with van der Waals surface area (Å²) in [6.45, 7) is 4.80. The van der Waals surface area contributed by atoms with Gasteiger partial charge in [-0.25, -0.2) is 0 Å². The van der Waals surface area contributed by atoms with Gasteiger partial charge in [0.15, 0.2) is 0 Å². The fraction of sp³-hybridized carbons (Fsp3) is 0.400. The van der Waals surface area contributed by atoms with E-state index < -0.39 is 0 Å². The summed E-state index contributed by atoms with van der Waals surface area (Å²) in [4.78, 5) is 15.9. The molecule has 0 bridgehead atoms. The first kappa shape index (κ1) is 15.7. The number of rotatable bonds is 6. The minimum absolute atomic E-state index is 0.00657. The number of hydrogen-bond acceptors (Lipinski definition) is 4. The first-order chi connectivity index (χ1) is 10.0. The van der Waals surface area contributed by atoms with E-state index in [2.05, 4.69) is 45.2 Å². The first-order valence-corrected chi connectivity index (χ1v) is 7.69. The number of carbonyl (C=O) groups excluding carboxylic acids is 1. The van der Waals surface area contributed by atoms with Crippen LogP contribution in [0.25, 0.3) is 11.4 Å². The maximum Gasteiger partial charge on any atom is 0.227 e. The van der Waals surface area contributed by atoms with Gasteiger partial charge in [-0.15, -0.1) is 0 Å². The van der Waals surface area contributed by atoms with Crippen LogP contribution in [0.3, 0.4) is 0 Å². The minimum Gasteiger partial charge on any atom is -0.356 e. The van der Waals surface area contributed by atoms with Crippen molar-refractivity contribution in [2.45, 2.75) is 26.7 Å². The van der Waals surface area contributed by atoms with Crippen molar-refractivity contribution in [2.24, 2.45) is 5.92 Å². The smallest absolute Gasteiger partial charge is 0.227 e. The Hall–Kier alpha value is -1.69. The highest BCUT2D eigenvalue weighted by Crippen LogP contribution is 2.19. The van der Waals surface area contributed by atoms with E-state index in [4.69, 9.17) is 4.52 Å². The van der Waals surface area contributed by atoms with E-state index in [1.54, 1.807) is 0 Å². The van der Waals surface area contributed by atoms with Crippen LogP contribution in [-0.4, -0.2) is 22.6 Å². The third kappa shape index (κ3) is 4.97. The second kappa shape index (κ2) is 7.36. The van der Waals surface area contributed by atoms with Crippen LogP contribution in [0.1, 0.15) is 26.2 Å². The lowest BCUT2D eigenvalue weighted by molar-refractivity contribution is -0.121. The number of benzene rings is 1. The highest BCUT2D eigenvalue weighted by atomic mass is 79.9. The standard InChI is InChI=1S/C15H18BrN3O2/c1-10(2)9-17-13(20)7-8-14-18-15(19-21-14)11-3-5-12(16)6-4-11/h3-6,10H,7-9H2,1-2H3,(H,17,20). The number of aromatic nitrogens is 2. The molecular weight excluding hydrogens is 334 g/mol. The van der Waals surface area contributed by atoms with Crippen molar-refractivity contribution in [1.29, 1.82) is 0 Å². The molecule has 0 spiro atoms. The highest BCUT2D eigenvalue weighted by molar-refractivity contribution is 9.10. The second-order valence-corrected chi connectivity index (χ2v) is 6.13. The molecule has 0 aliphatic carbocycles. The third-order valence-electron chi connectivity index (χ3n) is 2.84. The number of aryl methyl sites for hydroxylation is 1. The van der Waals surface area contributed by atoms with Gasteiger partial charge in [0.1, 0.15) is 0 Å². The van der Waals surface area contributed by atoms with Crippen molar-refractivity contribution >= 4 is 21.8 Å². The molecule has 1 aromatic heterocycles. The summed E-state index contributed by atoms with van der Waals surface area (Å²) in [6.07, 6.45) is 0.808. The summed E-state index contributed by atoms with van der Waals surface area (Å²) in [5.41, 5.74) is 0.887. The highest BCUT2D eigenvalue weighted by Gasteiger charge is 2.10. The number of halogens is 1. The predicted molar refractivity (Wildman–Crippen MR) is 83.6 cm³/mol. The molecule has 6 heteroatoms. The Morgan fingerprint density at radius 1 is 1.33 bits per heavy atom. The van der Waals surface area contributed by atoms with Crippen molar-refractivity contribution < 1.29 is 9.32 Å². The van der Waals surface area contributed by atoms with E-state index in [-0.39, 0.29) is 5.91 Å². The lowest BCUT2D eigenvalue weighted by Crippen LogP contribution is -2.27. The van der Waals surface area contributed by atoms with Crippen LogP contribution in [0.5, 0.6) is 0 Å². The summed E-state index contributed by atoms with van der Waals surface area (Å²) in [5.74, 6) is 1.47. The molecule has 1 heterocycles. The van der Waals surface area contributed by atoms with E-state index >= 15 is 0 Å². The quantitative estimate of drug-likeness (QED) is 0.867. The van der Waals surface area contributed by atoms with E-state index in [9.17, 15) is 4.79 Å². The zero-order valence-electron chi connectivity index (χ0n) is 12.1. The van der Waals surface area contributed by atoms with Crippen molar-refractivity contribution in [3.8, 4) is 11.4 Å². The van der Waals surface area contributed by atoms with Crippen LogP contribution in [0.2, 0.25) is 0 Å². The number of hydrogen-bond donors (Lipinski definition) is 1. The van der Waals surface area contributed by atoms with Crippen LogP contribution >= 0.6 is 15.9 Å². The van der Waals surface area contributed by atoms with Gasteiger partial charge in [0.2, 0.25) is 17.6 Å². The first-order valence-electron chi connectivity index (χ1n) is 6.90.